The summed E-state index contributed by atoms with van der Waals surface area (Å²) in [6, 6.07) is 0.238. The molecule has 0 radical (unpaired) electrons. The third-order valence-corrected chi connectivity index (χ3v) is 2.62. The lowest BCUT2D eigenvalue weighted by Crippen LogP contribution is -2.13. The Morgan fingerprint density at radius 1 is 1.59 bits per heavy atom. The third kappa shape index (κ3) is 2.13. The van der Waals surface area contributed by atoms with Crippen LogP contribution in [0.25, 0.3) is 11.2 Å². The molecule has 0 aliphatic rings. The molecule has 2 aromatic rings. The van der Waals surface area contributed by atoms with Crippen LogP contribution in [0.4, 0.5) is 0 Å². The van der Waals surface area contributed by atoms with Gasteiger partial charge < -0.3 is 9.55 Å². The lowest BCUT2D eigenvalue weighted by Gasteiger charge is -2.07. The summed E-state index contributed by atoms with van der Waals surface area (Å²) in [5.74, 6) is 0.685. The van der Waals surface area contributed by atoms with Crippen LogP contribution in [-0.4, -0.2) is 19.5 Å². The van der Waals surface area contributed by atoms with Gasteiger partial charge in [0.15, 0.2) is 11.2 Å². The summed E-state index contributed by atoms with van der Waals surface area (Å²) in [5.41, 5.74) is 0.886. The molecule has 0 aliphatic carbocycles. The van der Waals surface area contributed by atoms with Crippen molar-refractivity contribution in [2.24, 2.45) is 0 Å². The van der Waals surface area contributed by atoms with Gasteiger partial charge in [0.25, 0.3) is 5.56 Å². The lowest BCUT2D eigenvalue weighted by atomic mass is 10.3. The first-order valence-electron chi connectivity index (χ1n) is 5.70. The Bertz CT molecular complexity index is 594. The summed E-state index contributed by atoms with van der Waals surface area (Å²) >= 11 is 0. The Hall–Kier alpha value is -1.91. The van der Waals surface area contributed by atoms with Gasteiger partial charge in [0.2, 0.25) is 0 Å². The van der Waals surface area contributed by atoms with E-state index in [1.165, 1.54) is 0 Å². The molecular formula is C12H16N4O. The van der Waals surface area contributed by atoms with Gasteiger partial charge in [-0.05, 0) is 20.3 Å². The number of allylic oxidation sites excluding steroid dienone is 1. The zero-order valence-electron chi connectivity index (χ0n) is 10.1. The fourth-order valence-electron chi connectivity index (χ4n) is 1.71. The van der Waals surface area contributed by atoms with Crippen molar-refractivity contribution in [2.75, 3.05) is 0 Å². The van der Waals surface area contributed by atoms with Crippen LogP contribution in [0, 0.1) is 0 Å². The molecule has 17 heavy (non-hydrogen) atoms. The van der Waals surface area contributed by atoms with Crippen LogP contribution in [-0.2, 0) is 6.42 Å². The van der Waals surface area contributed by atoms with Gasteiger partial charge in [-0.2, -0.15) is 0 Å². The van der Waals surface area contributed by atoms with Gasteiger partial charge in [-0.3, -0.25) is 4.79 Å². The molecule has 5 nitrogen and oxygen atoms in total. The van der Waals surface area contributed by atoms with Gasteiger partial charge in [0, 0.05) is 12.5 Å². The molecule has 0 unspecified atom stereocenters. The van der Waals surface area contributed by atoms with Gasteiger partial charge in [-0.25, -0.2) is 9.97 Å². The van der Waals surface area contributed by atoms with E-state index in [0.717, 1.165) is 6.42 Å². The SMILES string of the molecule is C=CCCc1nc2c(ncn2C(C)C)c(=O)[nH]1. The Labute approximate surface area is 99.2 Å². The largest absolute Gasteiger partial charge is 0.313 e. The molecule has 0 saturated heterocycles. The fraction of sp³-hybridized carbons (Fsp3) is 0.417. The highest BCUT2D eigenvalue weighted by atomic mass is 16.1. The van der Waals surface area contributed by atoms with E-state index in [9.17, 15) is 4.79 Å². The van der Waals surface area contributed by atoms with Crippen molar-refractivity contribution in [2.45, 2.75) is 32.7 Å². The van der Waals surface area contributed by atoms with Crippen LogP contribution in [0.5, 0.6) is 0 Å². The second-order valence-corrected chi connectivity index (χ2v) is 4.26. The number of aryl methyl sites for hydroxylation is 1. The van der Waals surface area contributed by atoms with E-state index in [4.69, 9.17) is 0 Å². The van der Waals surface area contributed by atoms with Crippen LogP contribution in [0.2, 0.25) is 0 Å². The quantitative estimate of drug-likeness (QED) is 0.818. The highest BCUT2D eigenvalue weighted by Gasteiger charge is 2.11. The molecule has 0 saturated carbocycles. The van der Waals surface area contributed by atoms with E-state index in [1.54, 1.807) is 6.33 Å². The van der Waals surface area contributed by atoms with Crippen molar-refractivity contribution in [3.8, 4) is 0 Å². The van der Waals surface area contributed by atoms with Gasteiger partial charge >= 0.3 is 0 Å². The standard InChI is InChI=1S/C12H16N4O/c1-4-5-6-9-14-11-10(12(17)15-9)13-7-16(11)8(2)3/h4,7-8H,1,5-6H2,2-3H3,(H,14,15,17). The minimum atomic E-state index is -0.173. The molecule has 90 valence electrons. The van der Waals surface area contributed by atoms with E-state index >= 15 is 0 Å². The summed E-state index contributed by atoms with van der Waals surface area (Å²) in [6.07, 6.45) is 4.96. The number of H-pyrrole nitrogens is 1. The zero-order chi connectivity index (χ0) is 12.4. The first kappa shape index (κ1) is 11.6. The number of imidazole rings is 1. The number of fused-ring (bicyclic) bond motifs is 1. The zero-order valence-corrected chi connectivity index (χ0v) is 10.1. The third-order valence-electron chi connectivity index (χ3n) is 2.62. The molecule has 0 aromatic carbocycles. The molecule has 5 heteroatoms. The number of rotatable bonds is 4. The second-order valence-electron chi connectivity index (χ2n) is 4.26. The fourth-order valence-corrected chi connectivity index (χ4v) is 1.71. The van der Waals surface area contributed by atoms with Crippen LogP contribution in [0.1, 0.15) is 32.1 Å². The summed E-state index contributed by atoms with van der Waals surface area (Å²) in [7, 11) is 0. The average Bonchev–Trinajstić information content (AvgIpc) is 2.70. The second kappa shape index (κ2) is 4.53. The normalized spacial score (nSPS) is 11.2. The smallest absolute Gasteiger partial charge is 0.279 e. The van der Waals surface area contributed by atoms with E-state index in [-0.39, 0.29) is 11.6 Å². The topological polar surface area (TPSA) is 63.6 Å². The maximum absolute atomic E-state index is 11.8. The number of aromatic amines is 1. The Morgan fingerprint density at radius 3 is 3.00 bits per heavy atom. The van der Waals surface area contributed by atoms with E-state index < -0.39 is 0 Å². The van der Waals surface area contributed by atoms with E-state index in [1.807, 2.05) is 24.5 Å². The summed E-state index contributed by atoms with van der Waals surface area (Å²) < 4.78 is 1.90. The van der Waals surface area contributed by atoms with E-state index in [2.05, 4.69) is 21.5 Å². The predicted octanol–water partition coefficient (Wildman–Crippen LogP) is 1.82. The number of hydrogen-bond acceptors (Lipinski definition) is 3. The van der Waals surface area contributed by atoms with E-state index in [0.29, 0.717) is 23.4 Å². The maximum Gasteiger partial charge on any atom is 0.279 e. The van der Waals surface area contributed by atoms with Crippen molar-refractivity contribution in [1.82, 2.24) is 19.5 Å². The summed E-state index contributed by atoms with van der Waals surface area (Å²) in [5, 5.41) is 0. The van der Waals surface area contributed by atoms with Crippen molar-refractivity contribution >= 4 is 11.2 Å². The molecule has 0 spiro atoms. The van der Waals surface area contributed by atoms with Crippen molar-refractivity contribution in [1.29, 1.82) is 0 Å². The Kier molecular flexibility index (Phi) is 3.08. The number of nitrogens with zero attached hydrogens (tertiary/aromatic N) is 3. The molecule has 0 bridgehead atoms. The summed E-state index contributed by atoms with van der Waals surface area (Å²) in [6.45, 7) is 7.73. The van der Waals surface area contributed by atoms with Crippen LogP contribution in [0.15, 0.2) is 23.8 Å². The molecule has 0 amide bonds. The molecule has 0 aliphatic heterocycles. The Balaban J connectivity index is 2.56. The van der Waals surface area contributed by atoms with Crippen LogP contribution >= 0.6 is 0 Å². The molecule has 0 atom stereocenters. The average molecular weight is 232 g/mol. The number of aromatic nitrogens is 4. The molecule has 1 N–H and O–H groups in total. The first-order chi connectivity index (χ1) is 8.13. The highest BCUT2D eigenvalue weighted by Crippen LogP contribution is 2.12. The maximum atomic E-state index is 11.8. The molecule has 2 rings (SSSR count). The highest BCUT2D eigenvalue weighted by molar-refractivity contribution is 5.69. The van der Waals surface area contributed by atoms with Crippen molar-refractivity contribution in [3.63, 3.8) is 0 Å². The minimum absolute atomic E-state index is 0.173. The van der Waals surface area contributed by atoms with Crippen molar-refractivity contribution in [3.05, 3.63) is 35.2 Å². The molecule has 2 heterocycles. The van der Waals surface area contributed by atoms with Gasteiger partial charge in [0.05, 0.1) is 6.33 Å². The lowest BCUT2D eigenvalue weighted by molar-refractivity contribution is 0.611. The van der Waals surface area contributed by atoms with Gasteiger partial charge in [0.1, 0.15) is 5.82 Å². The molecule has 2 aromatic heterocycles. The van der Waals surface area contributed by atoms with Crippen LogP contribution in [0.3, 0.4) is 0 Å². The van der Waals surface area contributed by atoms with Gasteiger partial charge in [-0.1, -0.05) is 6.08 Å². The molecule has 0 fully saturated rings. The first-order valence-corrected chi connectivity index (χ1v) is 5.70. The minimum Gasteiger partial charge on any atom is -0.313 e. The monoisotopic (exact) mass is 232 g/mol. The van der Waals surface area contributed by atoms with Gasteiger partial charge in [-0.15, -0.1) is 6.58 Å². The number of hydrogen-bond donors (Lipinski definition) is 1. The van der Waals surface area contributed by atoms with Crippen molar-refractivity contribution < 1.29 is 0 Å². The van der Waals surface area contributed by atoms with Crippen LogP contribution < -0.4 is 5.56 Å². The Morgan fingerprint density at radius 2 is 2.35 bits per heavy atom. The molecular weight excluding hydrogens is 216 g/mol. The number of nitrogens with one attached hydrogen (secondary N) is 1. The summed E-state index contributed by atoms with van der Waals surface area (Å²) in [4.78, 5) is 23.1. The predicted molar refractivity (Wildman–Crippen MR) is 67.1 cm³/mol.